The number of unbranched alkanes of at least 4 members (excludes halogenated alkanes) is 1. The van der Waals surface area contributed by atoms with Gasteiger partial charge in [0.1, 0.15) is 10.8 Å². The second kappa shape index (κ2) is 8.80. The van der Waals surface area contributed by atoms with Gasteiger partial charge in [0, 0.05) is 23.2 Å². The molecule has 2 rings (SSSR count). The van der Waals surface area contributed by atoms with E-state index in [0.717, 1.165) is 42.4 Å². The SMILES string of the molecule is CCCCNCc1cnc(-c2ccc(OCCC)cc2)s1. The Labute approximate surface area is 131 Å². The molecule has 0 aliphatic rings. The summed E-state index contributed by atoms with van der Waals surface area (Å²) < 4.78 is 5.60. The first kappa shape index (κ1) is 16.0. The normalized spacial score (nSPS) is 10.8. The van der Waals surface area contributed by atoms with Gasteiger partial charge in [-0.3, -0.25) is 0 Å². The van der Waals surface area contributed by atoms with Crippen molar-refractivity contribution in [1.29, 1.82) is 0 Å². The van der Waals surface area contributed by atoms with Gasteiger partial charge in [-0.2, -0.15) is 0 Å². The highest BCUT2D eigenvalue weighted by Gasteiger charge is 2.05. The zero-order valence-electron chi connectivity index (χ0n) is 12.9. The van der Waals surface area contributed by atoms with Gasteiger partial charge in [-0.1, -0.05) is 20.3 Å². The zero-order chi connectivity index (χ0) is 14.9. The molecule has 0 saturated carbocycles. The molecule has 3 nitrogen and oxygen atoms in total. The third-order valence-corrected chi connectivity index (χ3v) is 4.18. The molecule has 0 spiro atoms. The highest BCUT2D eigenvalue weighted by atomic mass is 32.1. The molecule has 2 aromatic rings. The van der Waals surface area contributed by atoms with E-state index in [1.807, 2.05) is 18.3 Å². The van der Waals surface area contributed by atoms with E-state index in [4.69, 9.17) is 4.74 Å². The van der Waals surface area contributed by atoms with Crippen molar-refractivity contribution in [2.24, 2.45) is 0 Å². The van der Waals surface area contributed by atoms with Gasteiger partial charge in [0.15, 0.2) is 0 Å². The molecule has 0 fully saturated rings. The quantitative estimate of drug-likeness (QED) is 0.693. The Bertz CT molecular complexity index is 522. The molecule has 1 N–H and O–H groups in total. The maximum atomic E-state index is 5.60. The predicted molar refractivity (Wildman–Crippen MR) is 90.0 cm³/mol. The summed E-state index contributed by atoms with van der Waals surface area (Å²) in [6.07, 6.45) is 5.46. The lowest BCUT2D eigenvalue weighted by Crippen LogP contribution is -2.13. The summed E-state index contributed by atoms with van der Waals surface area (Å²) in [5.74, 6) is 0.929. The average Bonchev–Trinajstić information content (AvgIpc) is 2.99. The topological polar surface area (TPSA) is 34.2 Å². The number of ether oxygens (including phenoxy) is 1. The first-order chi connectivity index (χ1) is 10.3. The van der Waals surface area contributed by atoms with Gasteiger partial charge in [-0.15, -0.1) is 11.3 Å². The van der Waals surface area contributed by atoms with Gasteiger partial charge in [-0.05, 0) is 43.7 Å². The average molecular weight is 304 g/mol. The van der Waals surface area contributed by atoms with E-state index in [9.17, 15) is 0 Å². The molecule has 0 saturated heterocycles. The third kappa shape index (κ3) is 5.14. The van der Waals surface area contributed by atoms with Crippen LogP contribution >= 0.6 is 11.3 Å². The van der Waals surface area contributed by atoms with Gasteiger partial charge in [0.05, 0.1) is 6.61 Å². The molecule has 0 aliphatic heterocycles. The van der Waals surface area contributed by atoms with Crippen LogP contribution in [0, 0.1) is 0 Å². The van der Waals surface area contributed by atoms with Crippen molar-refractivity contribution >= 4 is 11.3 Å². The second-order valence-corrected chi connectivity index (χ2v) is 6.15. The van der Waals surface area contributed by atoms with Crippen LogP contribution in [-0.2, 0) is 6.54 Å². The number of nitrogens with one attached hydrogen (secondary N) is 1. The molecule has 4 heteroatoms. The summed E-state index contributed by atoms with van der Waals surface area (Å²) in [7, 11) is 0. The van der Waals surface area contributed by atoms with Crippen molar-refractivity contribution in [3.05, 3.63) is 35.3 Å². The number of hydrogen-bond acceptors (Lipinski definition) is 4. The molecule has 0 unspecified atom stereocenters. The molecule has 21 heavy (non-hydrogen) atoms. The predicted octanol–water partition coefficient (Wildman–Crippen LogP) is 4.49. The van der Waals surface area contributed by atoms with E-state index in [0.29, 0.717) is 0 Å². The lowest BCUT2D eigenvalue weighted by molar-refractivity contribution is 0.317. The minimum atomic E-state index is 0.768. The van der Waals surface area contributed by atoms with E-state index in [2.05, 4.69) is 36.3 Å². The maximum Gasteiger partial charge on any atom is 0.123 e. The van der Waals surface area contributed by atoms with Crippen molar-refractivity contribution in [3.8, 4) is 16.3 Å². The molecule has 1 aromatic carbocycles. The highest BCUT2D eigenvalue weighted by Crippen LogP contribution is 2.26. The van der Waals surface area contributed by atoms with Crippen LogP contribution in [0.5, 0.6) is 5.75 Å². The molecule has 1 aromatic heterocycles. The fraction of sp³-hybridized carbons (Fsp3) is 0.471. The minimum Gasteiger partial charge on any atom is -0.494 e. The fourth-order valence-corrected chi connectivity index (χ4v) is 2.84. The third-order valence-electron chi connectivity index (χ3n) is 3.13. The standard InChI is InChI=1S/C17H24N2OS/c1-3-5-10-18-12-16-13-19-17(21-16)14-6-8-15(9-7-14)20-11-4-2/h6-9,13,18H,3-5,10-12H2,1-2H3. The molecular weight excluding hydrogens is 280 g/mol. The molecule has 0 atom stereocenters. The Hall–Kier alpha value is -1.39. The summed E-state index contributed by atoms with van der Waals surface area (Å²) in [4.78, 5) is 5.80. The van der Waals surface area contributed by atoms with Crippen molar-refractivity contribution in [1.82, 2.24) is 10.3 Å². The molecular formula is C17H24N2OS. The smallest absolute Gasteiger partial charge is 0.123 e. The zero-order valence-corrected chi connectivity index (χ0v) is 13.7. The Morgan fingerprint density at radius 3 is 2.67 bits per heavy atom. The minimum absolute atomic E-state index is 0.768. The number of aromatic nitrogens is 1. The highest BCUT2D eigenvalue weighted by molar-refractivity contribution is 7.15. The van der Waals surface area contributed by atoms with E-state index in [1.165, 1.54) is 17.7 Å². The molecule has 0 amide bonds. The summed E-state index contributed by atoms with van der Waals surface area (Å²) in [6.45, 7) is 7.08. The van der Waals surface area contributed by atoms with Crippen molar-refractivity contribution in [2.45, 2.75) is 39.7 Å². The summed E-state index contributed by atoms with van der Waals surface area (Å²) >= 11 is 1.75. The van der Waals surface area contributed by atoms with E-state index >= 15 is 0 Å². The van der Waals surface area contributed by atoms with Gasteiger partial charge in [-0.25, -0.2) is 4.98 Å². The molecule has 0 radical (unpaired) electrons. The van der Waals surface area contributed by atoms with E-state index in [1.54, 1.807) is 11.3 Å². The largest absolute Gasteiger partial charge is 0.494 e. The van der Waals surface area contributed by atoms with Gasteiger partial charge in [0.2, 0.25) is 0 Å². The first-order valence-corrected chi connectivity index (χ1v) is 8.53. The summed E-state index contributed by atoms with van der Waals surface area (Å²) in [5.41, 5.74) is 1.16. The van der Waals surface area contributed by atoms with Crippen LogP contribution in [0.2, 0.25) is 0 Å². The van der Waals surface area contributed by atoms with E-state index in [-0.39, 0.29) is 0 Å². The Balaban J connectivity index is 1.91. The molecule has 0 aliphatic carbocycles. The fourth-order valence-electron chi connectivity index (χ4n) is 1.95. The molecule has 0 bridgehead atoms. The number of rotatable bonds is 9. The van der Waals surface area contributed by atoms with Crippen molar-refractivity contribution in [2.75, 3.05) is 13.2 Å². The summed E-state index contributed by atoms with van der Waals surface area (Å²) in [5, 5.41) is 4.52. The van der Waals surface area contributed by atoms with E-state index < -0.39 is 0 Å². The van der Waals surface area contributed by atoms with Crippen LogP contribution in [-0.4, -0.2) is 18.1 Å². The Kier molecular flexibility index (Phi) is 6.70. The van der Waals surface area contributed by atoms with Crippen LogP contribution in [0.1, 0.15) is 38.0 Å². The Morgan fingerprint density at radius 1 is 1.14 bits per heavy atom. The van der Waals surface area contributed by atoms with Crippen molar-refractivity contribution in [3.63, 3.8) is 0 Å². The van der Waals surface area contributed by atoms with Gasteiger partial charge < -0.3 is 10.1 Å². The van der Waals surface area contributed by atoms with Crippen LogP contribution in [0.25, 0.3) is 10.6 Å². The second-order valence-electron chi connectivity index (χ2n) is 5.03. The van der Waals surface area contributed by atoms with Gasteiger partial charge in [0.25, 0.3) is 0 Å². The Morgan fingerprint density at radius 2 is 1.95 bits per heavy atom. The number of thiazole rings is 1. The van der Waals surface area contributed by atoms with Crippen LogP contribution in [0.4, 0.5) is 0 Å². The number of benzene rings is 1. The number of hydrogen-bond donors (Lipinski definition) is 1. The monoisotopic (exact) mass is 304 g/mol. The van der Waals surface area contributed by atoms with Crippen molar-refractivity contribution < 1.29 is 4.74 Å². The van der Waals surface area contributed by atoms with Crippen LogP contribution in [0.15, 0.2) is 30.5 Å². The lowest BCUT2D eigenvalue weighted by Gasteiger charge is -2.04. The van der Waals surface area contributed by atoms with Gasteiger partial charge >= 0.3 is 0 Å². The maximum absolute atomic E-state index is 5.60. The first-order valence-electron chi connectivity index (χ1n) is 7.72. The molecule has 114 valence electrons. The number of nitrogens with zero attached hydrogens (tertiary/aromatic N) is 1. The summed E-state index contributed by atoms with van der Waals surface area (Å²) in [6, 6.07) is 8.20. The molecule has 1 heterocycles. The van der Waals surface area contributed by atoms with Crippen LogP contribution < -0.4 is 10.1 Å². The van der Waals surface area contributed by atoms with Crippen LogP contribution in [0.3, 0.4) is 0 Å². The lowest BCUT2D eigenvalue weighted by atomic mass is 10.2.